The number of pyridine rings is 1. The Morgan fingerprint density at radius 3 is 2.58 bits per heavy atom. The van der Waals surface area contributed by atoms with Crippen LogP contribution in [0.25, 0.3) is 22.2 Å². The van der Waals surface area contributed by atoms with Crippen molar-refractivity contribution in [2.24, 2.45) is 0 Å². The van der Waals surface area contributed by atoms with Crippen molar-refractivity contribution in [1.82, 2.24) is 4.98 Å². The third-order valence-corrected chi connectivity index (χ3v) is 4.66. The average Bonchev–Trinajstić information content (AvgIpc) is 2.59. The van der Waals surface area contributed by atoms with Gasteiger partial charge in [0.05, 0.1) is 28.4 Å². The lowest BCUT2D eigenvalue weighted by Gasteiger charge is -2.13. The summed E-state index contributed by atoms with van der Waals surface area (Å²) >= 11 is 12.4. The summed E-state index contributed by atoms with van der Waals surface area (Å²) in [5.41, 5.74) is 4.67. The van der Waals surface area contributed by atoms with E-state index in [1.165, 1.54) is 0 Å². The molecule has 1 heterocycles. The number of halogens is 2. The molecule has 3 nitrogen and oxygen atoms in total. The number of nitrogens with zero attached hydrogens (tertiary/aromatic N) is 1. The van der Waals surface area contributed by atoms with Crippen LogP contribution in [0.15, 0.2) is 36.4 Å². The normalized spacial score (nSPS) is 11.0. The van der Waals surface area contributed by atoms with E-state index in [9.17, 15) is 4.79 Å². The van der Waals surface area contributed by atoms with E-state index in [4.69, 9.17) is 32.9 Å². The quantitative estimate of drug-likeness (QED) is 0.486. The molecule has 0 aliphatic heterocycles. The molecule has 3 aromatic rings. The molecule has 5 heteroatoms. The number of hydrogen-bond acceptors (Lipinski definition) is 3. The van der Waals surface area contributed by atoms with Gasteiger partial charge >= 0.3 is 5.97 Å². The summed E-state index contributed by atoms with van der Waals surface area (Å²) in [7, 11) is 0. The van der Waals surface area contributed by atoms with Crippen LogP contribution in [0.4, 0.5) is 0 Å². The van der Waals surface area contributed by atoms with Crippen LogP contribution in [0, 0.1) is 13.8 Å². The second-order valence-corrected chi connectivity index (χ2v) is 7.14. The van der Waals surface area contributed by atoms with Gasteiger partial charge in [-0.15, -0.1) is 0 Å². The average molecular weight is 388 g/mol. The van der Waals surface area contributed by atoms with E-state index in [-0.39, 0.29) is 5.97 Å². The van der Waals surface area contributed by atoms with Crippen LogP contribution in [-0.2, 0) is 4.74 Å². The van der Waals surface area contributed by atoms with E-state index in [0.717, 1.165) is 34.0 Å². The largest absolute Gasteiger partial charge is 0.462 e. The Morgan fingerprint density at radius 1 is 1.12 bits per heavy atom. The van der Waals surface area contributed by atoms with E-state index in [2.05, 4.69) is 0 Å². The molecule has 26 heavy (non-hydrogen) atoms. The zero-order valence-corrected chi connectivity index (χ0v) is 16.4. The highest BCUT2D eigenvalue weighted by molar-refractivity contribution is 6.36. The smallest absolute Gasteiger partial charge is 0.338 e. The number of carbonyl (C=O) groups is 1. The standard InChI is InChI=1S/C21H19Cl2NO2/c1-4-7-26-21(25)17-11-19(15-6-5-14(22)10-18(15)23)24-20-13(3)8-12(2)9-16(17)20/h5-6,8-11H,4,7H2,1-3H3. The predicted octanol–water partition coefficient (Wildman–Crippen LogP) is 6.39. The van der Waals surface area contributed by atoms with Crippen molar-refractivity contribution in [3.63, 3.8) is 0 Å². The lowest BCUT2D eigenvalue weighted by molar-refractivity contribution is 0.0507. The number of rotatable bonds is 4. The van der Waals surface area contributed by atoms with E-state index < -0.39 is 0 Å². The van der Waals surface area contributed by atoms with Gasteiger partial charge in [0.2, 0.25) is 0 Å². The minimum absolute atomic E-state index is 0.351. The second kappa shape index (κ2) is 7.65. The van der Waals surface area contributed by atoms with Crippen molar-refractivity contribution in [2.75, 3.05) is 6.61 Å². The maximum Gasteiger partial charge on any atom is 0.338 e. The van der Waals surface area contributed by atoms with Gasteiger partial charge in [0.1, 0.15) is 0 Å². The van der Waals surface area contributed by atoms with Gasteiger partial charge in [-0.05, 0) is 56.2 Å². The van der Waals surface area contributed by atoms with Crippen molar-refractivity contribution in [3.8, 4) is 11.3 Å². The van der Waals surface area contributed by atoms with Gasteiger partial charge in [-0.3, -0.25) is 0 Å². The minimum atomic E-state index is -0.351. The zero-order valence-electron chi connectivity index (χ0n) is 14.9. The predicted molar refractivity (Wildman–Crippen MR) is 107 cm³/mol. The van der Waals surface area contributed by atoms with Gasteiger partial charge in [-0.25, -0.2) is 9.78 Å². The number of aromatic nitrogens is 1. The molecule has 1 aromatic heterocycles. The van der Waals surface area contributed by atoms with Gasteiger partial charge in [-0.2, -0.15) is 0 Å². The van der Waals surface area contributed by atoms with Crippen LogP contribution in [0.3, 0.4) is 0 Å². The third-order valence-electron chi connectivity index (χ3n) is 4.11. The molecule has 0 unspecified atom stereocenters. The maximum atomic E-state index is 12.7. The summed E-state index contributed by atoms with van der Waals surface area (Å²) in [5, 5.41) is 1.83. The molecule has 0 radical (unpaired) electrons. The second-order valence-electron chi connectivity index (χ2n) is 6.29. The minimum Gasteiger partial charge on any atom is -0.462 e. The van der Waals surface area contributed by atoms with Crippen LogP contribution in [0.2, 0.25) is 10.0 Å². The molecule has 0 aliphatic rings. The molecule has 0 aliphatic carbocycles. The van der Waals surface area contributed by atoms with Crippen LogP contribution < -0.4 is 0 Å². The van der Waals surface area contributed by atoms with Crippen molar-refractivity contribution < 1.29 is 9.53 Å². The number of esters is 1. The van der Waals surface area contributed by atoms with Crippen LogP contribution in [0.1, 0.15) is 34.8 Å². The molecular formula is C21H19Cl2NO2. The van der Waals surface area contributed by atoms with E-state index in [0.29, 0.717) is 27.9 Å². The first-order valence-electron chi connectivity index (χ1n) is 8.45. The Bertz CT molecular complexity index is 999. The highest BCUT2D eigenvalue weighted by Gasteiger charge is 2.18. The topological polar surface area (TPSA) is 39.2 Å². The van der Waals surface area contributed by atoms with Gasteiger partial charge in [-0.1, -0.05) is 41.8 Å². The molecular weight excluding hydrogens is 369 g/mol. The SMILES string of the molecule is CCCOC(=O)c1cc(-c2ccc(Cl)cc2Cl)nc2c(C)cc(C)cc12. The Hall–Kier alpha value is -2.10. The van der Waals surface area contributed by atoms with Crippen molar-refractivity contribution in [2.45, 2.75) is 27.2 Å². The van der Waals surface area contributed by atoms with Crippen molar-refractivity contribution in [1.29, 1.82) is 0 Å². The molecule has 0 saturated carbocycles. The van der Waals surface area contributed by atoms with Gasteiger partial charge in [0.15, 0.2) is 0 Å². The number of fused-ring (bicyclic) bond motifs is 1. The third kappa shape index (κ3) is 3.69. The molecule has 0 spiro atoms. The van der Waals surface area contributed by atoms with E-state index in [1.54, 1.807) is 18.2 Å². The highest BCUT2D eigenvalue weighted by atomic mass is 35.5. The fourth-order valence-electron chi connectivity index (χ4n) is 2.96. The number of carbonyl (C=O) groups excluding carboxylic acids is 1. The summed E-state index contributed by atoms with van der Waals surface area (Å²) in [6.45, 7) is 6.32. The molecule has 134 valence electrons. The number of hydrogen-bond donors (Lipinski definition) is 0. The Balaban J connectivity index is 2.27. The summed E-state index contributed by atoms with van der Waals surface area (Å²) in [6.07, 6.45) is 0.767. The van der Waals surface area contributed by atoms with Gasteiger partial charge in [0, 0.05) is 16.0 Å². The fourth-order valence-corrected chi connectivity index (χ4v) is 3.46. The van der Waals surface area contributed by atoms with Crippen molar-refractivity contribution in [3.05, 3.63) is 63.1 Å². The summed E-state index contributed by atoms with van der Waals surface area (Å²) in [5.74, 6) is -0.351. The van der Waals surface area contributed by atoms with Gasteiger partial charge < -0.3 is 4.74 Å². The molecule has 0 bridgehead atoms. The Labute approximate surface area is 162 Å². The number of benzene rings is 2. The molecule has 0 amide bonds. The Kier molecular flexibility index (Phi) is 5.49. The van der Waals surface area contributed by atoms with E-state index in [1.807, 2.05) is 39.0 Å². The monoisotopic (exact) mass is 387 g/mol. The first-order chi connectivity index (χ1) is 12.4. The first-order valence-corrected chi connectivity index (χ1v) is 9.21. The van der Waals surface area contributed by atoms with Gasteiger partial charge in [0.25, 0.3) is 0 Å². The fraction of sp³-hybridized carbons (Fsp3) is 0.238. The summed E-state index contributed by atoms with van der Waals surface area (Å²) in [6, 6.07) is 11.0. The van der Waals surface area contributed by atoms with E-state index >= 15 is 0 Å². The highest BCUT2D eigenvalue weighted by Crippen LogP contribution is 2.33. The lowest BCUT2D eigenvalue weighted by atomic mass is 10.00. The summed E-state index contributed by atoms with van der Waals surface area (Å²) < 4.78 is 5.38. The van der Waals surface area contributed by atoms with Crippen LogP contribution in [-0.4, -0.2) is 17.6 Å². The van der Waals surface area contributed by atoms with Crippen molar-refractivity contribution >= 4 is 40.1 Å². The zero-order chi connectivity index (χ0) is 18.8. The summed E-state index contributed by atoms with van der Waals surface area (Å²) in [4.78, 5) is 17.4. The molecule has 0 saturated heterocycles. The Morgan fingerprint density at radius 2 is 1.88 bits per heavy atom. The van der Waals surface area contributed by atoms with Crippen LogP contribution in [0.5, 0.6) is 0 Å². The molecule has 2 aromatic carbocycles. The molecule has 3 rings (SSSR count). The first kappa shape index (κ1) is 18.7. The van der Waals surface area contributed by atoms with Crippen LogP contribution >= 0.6 is 23.2 Å². The number of ether oxygens (including phenoxy) is 1. The lowest BCUT2D eigenvalue weighted by Crippen LogP contribution is -2.08. The molecule has 0 N–H and O–H groups in total. The number of aryl methyl sites for hydroxylation is 2. The molecule has 0 atom stereocenters. The molecule has 0 fully saturated rings. The maximum absolute atomic E-state index is 12.7.